The van der Waals surface area contributed by atoms with Crippen LogP contribution in [0.4, 0.5) is 21.8 Å². The van der Waals surface area contributed by atoms with E-state index in [2.05, 4.69) is 53.5 Å². The molecule has 0 bridgehead atoms. The largest absolute Gasteiger partial charge is 0.350 e. The van der Waals surface area contributed by atoms with E-state index in [0.717, 1.165) is 11.4 Å². The molecule has 0 aliphatic rings. The van der Waals surface area contributed by atoms with Gasteiger partial charge >= 0.3 is 0 Å². The Kier molecular flexibility index (Phi) is 5.16. The van der Waals surface area contributed by atoms with Crippen molar-refractivity contribution in [2.45, 2.75) is 34.2 Å². The lowest BCUT2D eigenvalue weighted by Crippen LogP contribution is -2.08. The maximum Gasteiger partial charge on any atom is 0.225 e. The predicted octanol–water partition coefficient (Wildman–Crippen LogP) is 5.21. The summed E-state index contributed by atoms with van der Waals surface area (Å²) < 4.78 is 13.8. The van der Waals surface area contributed by atoms with Crippen molar-refractivity contribution in [3.63, 3.8) is 0 Å². The molecule has 0 saturated heterocycles. The minimum atomic E-state index is -0.239. The SMILES string of the molecule is Cc1cc(C)c(Nc2cc(C)nc(NCc3ccccc3F)n2)c(C)c1. The Labute approximate surface area is 153 Å². The predicted molar refractivity (Wildman–Crippen MR) is 104 cm³/mol. The number of halogens is 1. The van der Waals surface area contributed by atoms with Gasteiger partial charge in [0, 0.05) is 29.6 Å². The molecular formula is C21H23FN4. The van der Waals surface area contributed by atoms with Crippen molar-refractivity contribution in [3.8, 4) is 0 Å². The fourth-order valence-corrected chi connectivity index (χ4v) is 3.03. The van der Waals surface area contributed by atoms with E-state index in [1.54, 1.807) is 12.1 Å². The van der Waals surface area contributed by atoms with E-state index in [4.69, 9.17) is 0 Å². The van der Waals surface area contributed by atoms with Gasteiger partial charge in [-0.1, -0.05) is 35.9 Å². The van der Waals surface area contributed by atoms with Gasteiger partial charge in [0.25, 0.3) is 0 Å². The zero-order chi connectivity index (χ0) is 18.7. The molecule has 0 aliphatic carbocycles. The van der Waals surface area contributed by atoms with Crippen molar-refractivity contribution in [1.29, 1.82) is 0 Å². The summed E-state index contributed by atoms with van der Waals surface area (Å²) in [6.07, 6.45) is 0. The first kappa shape index (κ1) is 17.9. The first-order chi connectivity index (χ1) is 12.4. The molecule has 0 aliphatic heterocycles. The molecule has 3 aromatic rings. The van der Waals surface area contributed by atoms with Gasteiger partial charge in [-0.25, -0.2) is 9.37 Å². The van der Waals surface area contributed by atoms with Crippen molar-refractivity contribution in [2.75, 3.05) is 10.6 Å². The van der Waals surface area contributed by atoms with Gasteiger partial charge in [0.05, 0.1) is 0 Å². The van der Waals surface area contributed by atoms with Crippen LogP contribution in [0.3, 0.4) is 0 Å². The lowest BCUT2D eigenvalue weighted by atomic mass is 10.1. The van der Waals surface area contributed by atoms with Crippen molar-refractivity contribution >= 4 is 17.5 Å². The molecule has 0 spiro atoms. The Bertz CT molecular complexity index is 914. The molecule has 26 heavy (non-hydrogen) atoms. The lowest BCUT2D eigenvalue weighted by Gasteiger charge is -2.15. The average molecular weight is 350 g/mol. The second-order valence-electron chi connectivity index (χ2n) is 6.56. The van der Waals surface area contributed by atoms with Crippen LogP contribution in [-0.2, 0) is 6.54 Å². The van der Waals surface area contributed by atoms with Gasteiger partial charge in [-0.15, -0.1) is 0 Å². The molecule has 4 nitrogen and oxygen atoms in total. The van der Waals surface area contributed by atoms with Crippen LogP contribution in [0.2, 0.25) is 0 Å². The van der Waals surface area contributed by atoms with Gasteiger partial charge in [0.2, 0.25) is 5.95 Å². The summed E-state index contributed by atoms with van der Waals surface area (Å²) in [6.45, 7) is 8.49. The quantitative estimate of drug-likeness (QED) is 0.663. The van der Waals surface area contributed by atoms with E-state index in [0.29, 0.717) is 23.9 Å². The Morgan fingerprint density at radius 1 is 0.923 bits per heavy atom. The summed E-state index contributed by atoms with van der Waals surface area (Å²) in [5, 5.41) is 6.50. The third kappa shape index (κ3) is 4.17. The molecule has 0 fully saturated rings. The number of hydrogen-bond acceptors (Lipinski definition) is 4. The van der Waals surface area contributed by atoms with Gasteiger partial charge in [0.1, 0.15) is 11.6 Å². The third-order valence-corrected chi connectivity index (χ3v) is 4.18. The fraction of sp³-hybridized carbons (Fsp3) is 0.238. The molecule has 0 radical (unpaired) electrons. The Hall–Kier alpha value is -2.95. The molecule has 0 amide bonds. The summed E-state index contributed by atoms with van der Waals surface area (Å²) in [7, 11) is 0. The molecule has 1 heterocycles. The number of aryl methyl sites for hydroxylation is 4. The van der Waals surface area contributed by atoms with E-state index in [-0.39, 0.29) is 5.82 Å². The van der Waals surface area contributed by atoms with Crippen LogP contribution < -0.4 is 10.6 Å². The first-order valence-electron chi connectivity index (χ1n) is 8.60. The van der Waals surface area contributed by atoms with E-state index in [9.17, 15) is 4.39 Å². The van der Waals surface area contributed by atoms with Crippen molar-refractivity contribution in [3.05, 3.63) is 76.2 Å². The molecule has 1 aromatic heterocycles. The maximum absolute atomic E-state index is 13.8. The molecule has 134 valence electrons. The number of benzene rings is 2. The highest BCUT2D eigenvalue weighted by molar-refractivity contribution is 5.66. The Balaban J connectivity index is 1.81. The first-order valence-corrected chi connectivity index (χ1v) is 8.60. The lowest BCUT2D eigenvalue weighted by molar-refractivity contribution is 0.612. The van der Waals surface area contributed by atoms with Gasteiger partial charge in [-0.05, 0) is 44.9 Å². The zero-order valence-corrected chi connectivity index (χ0v) is 15.5. The van der Waals surface area contributed by atoms with Crippen molar-refractivity contribution in [1.82, 2.24) is 9.97 Å². The van der Waals surface area contributed by atoms with Crippen LogP contribution in [0.5, 0.6) is 0 Å². The average Bonchev–Trinajstić information content (AvgIpc) is 2.57. The number of nitrogens with zero attached hydrogens (tertiary/aromatic N) is 2. The topological polar surface area (TPSA) is 49.8 Å². The Morgan fingerprint density at radius 2 is 1.62 bits per heavy atom. The second-order valence-corrected chi connectivity index (χ2v) is 6.56. The summed E-state index contributed by atoms with van der Waals surface area (Å²) in [5.74, 6) is 0.943. The van der Waals surface area contributed by atoms with Gasteiger partial charge < -0.3 is 10.6 Å². The van der Waals surface area contributed by atoms with Crippen LogP contribution in [0.1, 0.15) is 27.9 Å². The van der Waals surface area contributed by atoms with Crippen LogP contribution in [0.15, 0.2) is 42.5 Å². The van der Waals surface area contributed by atoms with Crippen LogP contribution in [0.25, 0.3) is 0 Å². The summed E-state index contributed by atoms with van der Waals surface area (Å²) in [4.78, 5) is 8.92. The number of aromatic nitrogens is 2. The second kappa shape index (κ2) is 7.52. The molecule has 0 atom stereocenters. The van der Waals surface area contributed by atoms with E-state index >= 15 is 0 Å². The van der Waals surface area contributed by atoms with E-state index in [1.807, 2.05) is 19.1 Å². The zero-order valence-electron chi connectivity index (χ0n) is 15.5. The maximum atomic E-state index is 13.8. The summed E-state index contributed by atoms with van der Waals surface area (Å²) >= 11 is 0. The molecular weight excluding hydrogens is 327 g/mol. The van der Waals surface area contributed by atoms with Gasteiger partial charge in [-0.2, -0.15) is 4.98 Å². The summed E-state index contributed by atoms with van der Waals surface area (Å²) in [6, 6.07) is 12.9. The normalized spacial score (nSPS) is 10.7. The number of hydrogen-bond donors (Lipinski definition) is 2. The van der Waals surface area contributed by atoms with Crippen molar-refractivity contribution < 1.29 is 4.39 Å². The minimum Gasteiger partial charge on any atom is -0.350 e. The summed E-state index contributed by atoms with van der Waals surface area (Å²) in [5.41, 5.74) is 6.03. The highest BCUT2D eigenvalue weighted by Gasteiger charge is 2.08. The molecule has 0 unspecified atom stereocenters. The molecule has 0 saturated carbocycles. The number of anilines is 3. The van der Waals surface area contributed by atoms with Gasteiger partial charge in [-0.3, -0.25) is 0 Å². The van der Waals surface area contributed by atoms with Gasteiger partial charge in [0.15, 0.2) is 0 Å². The molecule has 2 N–H and O–H groups in total. The van der Waals surface area contributed by atoms with Crippen LogP contribution in [0, 0.1) is 33.5 Å². The Morgan fingerprint density at radius 3 is 2.31 bits per heavy atom. The standard InChI is InChI=1S/C21H23FN4/c1-13-9-14(2)20(15(3)10-13)25-19-11-16(4)24-21(26-19)23-12-17-7-5-6-8-18(17)22/h5-11H,12H2,1-4H3,(H2,23,24,25,26). The fourth-order valence-electron chi connectivity index (χ4n) is 3.03. The minimum absolute atomic E-state index is 0.239. The number of rotatable bonds is 5. The van der Waals surface area contributed by atoms with E-state index in [1.165, 1.54) is 22.8 Å². The molecule has 3 rings (SSSR count). The highest BCUT2D eigenvalue weighted by atomic mass is 19.1. The molecule has 5 heteroatoms. The molecule has 2 aromatic carbocycles. The van der Waals surface area contributed by atoms with Crippen LogP contribution in [-0.4, -0.2) is 9.97 Å². The third-order valence-electron chi connectivity index (χ3n) is 4.18. The van der Waals surface area contributed by atoms with E-state index < -0.39 is 0 Å². The number of nitrogens with one attached hydrogen (secondary N) is 2. The highest BCUT2D eigenvalue weighted by Crippen LogP contribution is 2.25. The van der Waals surface area contributed by atoms with Crippen molar-refractivity contribution in [2.24, 2.45) is 0 Å². The smallest absolute Gasteiger partial charge is 0.225 e. The monoisotopic (exact) mass is 350 g/mol. The van der Waals surface area contributed by atoms with Crippen LogP contribution >= 0.6 is 0 Å².